The molecule has 0 amide bonds. The number of aromatic amines is 1. The lowest BCUT2D eigenvalue weighted by Gasteiger charge is -2.02. The normalized spacial score (nSPS) is 10.7. The molecule has 1 N–H and O–H groups in total. The van der Waals surface area contributed by atoms with Gasteiger partial charge in [0.05, 0.1) is 17.6 Å². The number of nitrogens with one attached hydrogen (secondary N) is 1. The van der Waals surface area contributed by atoms with Gasteiger partial charge in [-0.2, -0.15) is 5.10 Å². The molecule has 0 fully saturated rings. The van der Waals surface area contributed by atoms with E-state index < -0.39 is 11.8 Å². The Labute approximate surface area is 91.4 Å². The van der Waals surface area contributed by atoms with Gasteiger partial charge in [0.1, 0.15) is 11.3 Å². The summed E-state index contributed by atoms with van der Waals surface area (Å²) in [5, 5.41) is 6.91. The number of aromatic nitrogens is 2. The Bertz CT molecular complexity index is 548. The maximum absolute atomic E-state index is 13.5. The molecule has 16 heavy (non-hydrogen) atoms. The van der Waals surface area contributed by atoms with Crippen LogP contribution in [0.1, 0.15) is 23.0 Å². The van der Waals surface area contributed by atoms with Gasteiger partial charge >= 0.3 is 5.97 Å². The summed E-state index contributed by atoms with van der Waals surface area (Å²) in [6.45, 7) is 3.70. The highest BCUT2D eigenvalue weighted by Crippen LogP contribution is 2.23. The van der Waals surface area contributed by atoms with Crippen molar-refractivity contribution in [1.29, 1.82) is 0 Å². The van der Waals surface area contributed by atoms with Gasteiger partial charge in [0.25, 0.3) is 0 Å². The van der Waals surface area contributed by atoms with E-state index >= 15 is 0 Å². The summed E-state index contributed by atoms with van der Waals surface area (Å²) in [5.74, 6) is -0.881. The molecule has 0 spiro atoms. The van der Waals surface area contributed by atoms with Gasteiger partial charge in [0.2, 0.25) is 0 Å². The molecule has 1 aromatic carbocycles. The van der Waals surface area contributed by atoms with Gasteiger partial charge in [0.15, 0.2) is 0 Å². The molecule has 0 unspecified atom stereocenters. The predicted octanol–water partition coefficient (Wildman–Crippen LogP) is 2.19. The van der Waals surface area contributed by atoms with Crippen LogP contribution in [0.5, 0.6) is 0 Å². The molecule has 0 aliphatic rings. The third kappa shape index (κ3) is 1.54. The SMILES string of the molecule is CCOC(=O)c1ccc(F)c2c(C)[nH]nc12. The van der Waals surface area contributed by atoms with Crippen LogP contribution < -0.4 is 0 Å². The van der Waals surface area contributed by atoms with Crippen molar-refractivity contribution in [3.8, 4) is 0 Å². The lowest BCUT2D eigenvalue weighted by atomic mass is 10.1. The van der Waals surface area contributed by atoms with Crippen LogP contribution in [0, 0.1) is 12.7 Å². The zero-order chi connectivity index (χ0) is 11.7. The van der Waals surface area contributed by atoms with Crippen molar-refractivity contribution < 1.29 is 13.9 Å². The second kappa shape index (κ2) is 3.92. The largest absolute Gasteiger partial charge is 0.462 e. The van der Waals surface area contributed by atoms with E-state index in [-0.39, 0.29) is 12.2 Å². The molecule has 0 aliphatic carbocycles. The number of aryl methyl sites for hydroxylation is 1. The molecular formula is C11H11FN2O2. The standard InChI is InChI=1S/C11H11FN2O2/c1-3-16-11(15)7-4-5-8(12)9-6(2)13-14-10(7)9/h4-5H,3H2,1-2H3,(H,13,14). The molecule has 4 nitrogen and oxygen atoms in total. The van der Waals surface area contributed by atoms with Gasteiger partial charge in [-0.25, -0.2) is 9.18 Å². The van der Waals surface area contributed by atoms with E-state index in [1.165, 1.54) is 12.1 Å². The molecule has 0 bridgehead atoms. The molecule has 0 saturated heterocycles. The number of halogens is 1. The highest BCUT2D eigenvalue weighted by atomic mass is 19.1. The van der Waals surface area contributed by atoms with Crippen LogP contribution in [0.2, 0.25) is 0 Å². The summed E-state index contributed by atoms with van der Waals surface area (Å²) >= 11 is 0. The van der Waals surface area contributed by atoms with E-state index in [0.717, 1.165) is 0 Å². The number of hydrogen-bond donors (Lipinski definition) is 1. The fourth-order valence-corrected chi connectivity index (χ4v) is 1.61. The molecule has 2 rings (SSSR count). The first-order valence-electron chi connectivity index (χ1n) is 4.95. The molecule has 84 valence electrons. The van der Waals surface area contributed by atoms with Crippen molar-refractivity contribution in [3.05, 3.63) is 29.2 Å². The van der Waals surface area contributed by atoms with Crippen LogP contribution >= 0.6 is 0 Å². The van der Waals surface area contributed by atoms with Crippen molar-refractivity contribution in [1.82, 2.24) is 10.2 Å². The van der Waals surface area contributed by atoms with Crippen LogP contribution in [0.4, 0.5) is 4.39 Å². The second-order valence-corrected chi connectivity index (χ2v) is 3.39. The van der Waals surface area contributed by atoms with Crippen LogP contribution in [0.15, 0.2) is 12.1 Å². The smallest absolute Gasteiger partial charge is 0.340 e. The van der Waals surface area contributed by atoms with Crippen LogP contribution in [0.3, 0.4) is 0 Å². The number of esters is 1. The first-order chi connectivity index (χ1) is 7.65. The molecule has 1 aromatic heterocycles. The summed E-state index contributed by atoms with van der Waals surface area (Å²) in [4.78, 5) is 11.6. The first kappa shape index (κ1) is 10.6. The van der Waals surface area contributed by atoms with Crippen LogP contribution in [-0.4, -0.2) is 22.8 Å². The number of nitrogens with zero attached hydrogens (tertiary/aromatic N) is 1. The number of rotatable bonds is 2. The van der Waals surface area contributed by atoms with Crippen molar-refractivity contribution in [2.45, 2.75) is 13.8 Å². The maximum atomic E-state index is 13.5. The van der Waals surface area contributed by atoms with E-state index in [1.54, 1.807) is 13.8 Å². The molecule has 5 heteroatoms. The summed E-state index contributed by atoms with van der Waals surface area (Å²) in [7, 11) is 0. The molecule has 1 heterocycles. The molecule has 0 aliphatic heterocycles. The third-order valence-electron chi connectivity index (χ3n) is 2.33. The van der Waals surface area contributed by atoms with Crippen LogP contribution in [-0.2, 0) is 4.74 Å². The monoisotopic (exact) mass is 222 g/mol. The topological polar surface area (TPSA) is 55.0 Å². The lowest BCUT2D eigenvalue weighted by Crippen LogP contribution is -2.05. The van der Waals surface area contributed by atoms with Gasteiger partial charge in [-0.1, -0.05) is 0 Å². The average molecular weight is 222 g/mol. The Morgan fingerprint density at radius 3 is 3.00 bits per heavy atom. The van der Waals surface area contributed by atoms with E-state index in [4.69, 9.17) is 4.74 Å². The molecule has 0 saturated carbocycles. The number of ether oxygens (including phenoxy) is 1. The molecular weight excluding hydrogens is 211 g/mol. The van der Waals surface area contributed by atoms with Gasteiger partial charge in [0, 0.05) is 5.69 Å². The van der Waals surface area contributed by atoms with Gasteiger partial charge < -0.3 is 4.74 Å². The zero-order valence-corrected chi connectivity index (χ0v) is 9.00. The van der Waals surface area contributed by atoms with Gasteiger partial charge in [-0.05, 0) is 26.0 Å². The Morgan fingerprint density at radius 1 is 1.56 bits per heavy atom. The predicted molar refractivity (Wildman–Crippen MR) is 56.7 cm³/mol. The molecule has 2 aromatic rings. The summed E-state index contributed by atoms with van der Waals surface area (Å²) in [6, 6.07) is 2.63. The highest BCUT2D eigenvalue weighted by molar-refractivity contribution is 6.03. The first-order valence-corrected chi connectivity index (χ1v) is 4.95. The lowest BCUT2D eigenvalue weighted by molar-refractivity contribution is 0.0528. The minimum absolute atomic E-state index is 0.279. The zero-order valence-electron chi connectivity index (χ0n) is 9.00. The van der Waals surface area contributed by atoms with E-state index in [0.29, 0.717) is 16.6 Å². The average Bonchev–Trinajstić information content (AvgIpc) is 2.62. The van der Waals surface area contributed by atoms with E-state index in [9.17, 15) is 9.18 Å². The summed E-state index contributed by atoms with van der Waals surface area (Å²) in [6.07, 6.45) is 0. The van der Waals surface area contributed by atoms with Gasteiger partial charge in [-0.3, -0.25) is 5.10 Å². The van der Waals surface area contributed by atoms with E-state index in [1.807, 2.05) is 0 Å². The number of fused-ring (bicyclic) bond motifs is 1. The molecule has 0 radical (unpaired) electrons. The second-order valence-electron chi connectivity index (χ2n) is 3.39. The minimum Gasteiger partial charge on any atom is -0.462 e. The van der Waals surface area contributed by atoms with Crippen molar-refractivity contribution >= 4 is 16.9 Å². The number of hydrogen-bond acceptors (Lipinski definition) is 3. The number of carbonyl (C=O) groups is 1. The minimum atomic E-state index is -0.487. The third-order valence-corrected chi connectivity index (χ3v) is 2.33. The number of carbonyl (C=O) groups excluding carboxylic acids is 1. The van der Waals surface area contributed by atoms with Crippen molar-refractivity contribution in [3.63, 3.8) is 0 Å². The Kier molecular flexibility index (Phi) is 2.60. The Morgan fingerprint density at radius 2 is 2.31 bits per heavy atom. The molecule has 0 atom stereocenters. The fraction of sp³-hybridized carbons (Fsp3) is 0.273. The van der Waals surface area contributed by atoms with Crippen LogP contribution in [0.25, 0.3) is 10.9 Å². The van der Waals surface area contributed by atoms with Crippen molar-refractivity contribution in [2.24, 2.45) is 0 Å². The fourth-order valence-electron chi connectivity index (χ4n) is 1.61. The van der Waals surface area contributed by atoms with Crippen molar-refractivity contribution in [2.75, 3.05) is 6.61 Å². The summed E-state index contributed by atoms with van der Waals surface area (Å²) in [5.41, 5.74) is 1.19. The summed E-state index contributed by atoms with van der Waals surface area (Å²) < 4.78 is 18.4. The Hall–Kier alpha value is -1.91. The quantitative estimate of drug-likeness (QED) is 0.792. The van der Waals surface area contributed by atoms with E-state index in [2.05, 4.69) is 10.2 Å². The number of benzene rings is 1. The van der Waals surface area contributed by atoms with Gasteiger partial charge in [-0.15, -0.1) is 0 Å². The maximum Gasteiger partial charge on any atom is 0.340 e. The highest BCUT2D eigenvalue weighted by Gasteiger charge is 2.17. The number of H-pyrrole nitrogens is 1. The Balaban J connectivity index is 2.64.